The van der Waals surface area contributed by atoms with Crippen molar-refractivity contribution in [2.75, 3.05) is 33.7 Å². The Morgan fingerprint density at radius 1 is 1.32 bits per heavy atom. The first kappa shape index (κ1) is 21.9. The summed E-state index contributed by atoms with van der Waals surface area (Å²) in [5.41, 5.74) is 2.11. The molecule has 1 aromatic heterocycles. The zero-order valence-electron chi connectivity index (χ0n) is 16.4. The van der Waals surface area contributed by atoms with E-state index in [2.05, 4.69) is 15.7 Å². The summed E-state index contributed by atoms with van der Waals surface area (Å²) in [4.78, 5) is 25.9. The van der Waals surface area contributed by atoms with Crippen LogP contribution in [0.25, 0.3) is 0 Å². The van der Waals surface area contributed by atoms with Gasteiger partial charge in [0.25, 0.3) is 11.8 Å². The molecule has 1 aliphatic heterocycles. The molecule has 1 aromatic carbocycles. The van der Waals surface area contributed by atoms with Crippen molar-refractivity contribution in [1.29, 1.82) is 0 Å². The lowest BCUT2D eigenvalue weighted by atomic mass is 10.1. The van der Waals surface area contributed by atoms with E-state index in [-0.39, 0.29) is 24.2 Å². The van der Waals surface area contributed by atoms with Crippen molar-refractivity contribution in [1.82, 2.24) is 25.3 Å². The molecule has 8 heteroatoms. The highest BCUT2D eigenvalue weighted by Gasteiger charge is 2.17. The van der Waals surface area contributed by atoms with Crippen LogP contribution in [-0.2, 0) is 6.42 Å². The maximum absolute atomic E-state index is 12.3. The second-order valence-electron chi connectivity index (χ2n) is 7.09. The molecule has 1 unspecified atom stereocenters. The first-order valence-corrected chi connectivity index (χ1v) is 9.39. The number of rotatable bonds is 6. The number of benzene rings is 1. The van der Waals surface area contributed by atoms with Gasteiger partial charge in [-0.25, -0.2) is 0 Å². The summed E-state index contributed by atoms with van der Waals surface area (Å²) in [5.74, 6) is -0.193. The number of nitrogens with one attached hydrogen (secondary N) is 2. The van der Waals surface area contributed by atoms with E-state index in [1.807, 2.05) is 29.1 Å². The molecule has 2 heterocycles. The van der Waals surface area contributed by atoms with E-state index in [9.17, 15) is 9.59 Å². The summed E-state index contributed by atoms with van der Waals surface area (Å²) >= 11 is 0. The first-order valence-electron chi connectivity index (χ1n) is 9.39. The Morgan fingerprint density at radius 2 is 2.14 bits per heavy atom. The Labute approximate surface area is 171 Å². The summed E-state index contributed by atoms with van der Waals surface area (Å²) in [6.45, 7) is 2.44. The van der Waals surface area contributed by atoms with Gasteiger partial charge in [0.15, 0.2) is 0 Å². The Bertz CT molecular complexity index is 799. The predicted molar refractivity (Wildman–Crippen MR) is 111 cm³/mol. The third-order valence-corrected chi connectivity index (χ3v) is 4.77. The van der Waals surface area contributed by atoms with E-state index >= 15 is 0 Å². The fourth-order valence-corrected chi connectivity index (χ4v) is 3.25. The zero-order valence-corrected chi connectivity index (χ0v) is 17.2. The molecule has 1 saturated heterocycles. The molecule has 0 aliphatic carbocycles. The number of carbonyl (C=O) groups is 2. The van der Waals surface area contributed by atoms with Gasteiger partial charge >= 0.3 is 0 Å². The number of aromatic nitrogens is 2. The van der Waals surface area contributed by atoms with Gasteiger partial charge in [-0.05, 0) is 49.6 Å². The summed E-state index contributed by atoms with van der Waals surface area (Å²) in [7, 11) is 3.47. The van der Waals surface area contributed by atoms with Crippen LogP contribution in [0.4, 0.5) is 0 Å². The quantitative estimate of drug-likeness (QED) is 0.769. The smallest absolute Gasteiger partial charge is 0.271 e. The number of amides is 2. The molecule has 3 rings (SSSR count). The van der Waals surface area contributed by atoms with Gasteiger partial charge in [0.05, 0.1) is 6.04 Å². The van der Waals surface area contributed by atoms with Crippen LogP contribution in [0.1, 0.15) is 45.3 Å². The highest BCUT2D eigenvalue weighted by Crippen LogP contribution is 2.15. The fraction of sp³-hybridized carbons (Fsp3) is 0.450. The summed E-state index contributed by atoms with van der Waals surface area (Å²) < 4.78 is 1.89. The average Bonchev–Trinajstić information content (AvgIpc) is 3.18. The Morgan fingerprint density at radius 3 is 2.86 bits per heavy atom. The van der Waals surface area contributed by atoms with E-state index in [4.69, 9.17) is 0 Å². The lowest BCUT2D eigenvalue weighted by Crippen LogP contribution is -2.32. The SMILES string of the molecule is CN(C)C(=O)c1cccc(CCNC(=O)c2ccn(C3CCCNC3)n2)c1.Cl. The van der Waals surface area contributed by atoms with Crippen LogP contribution in [-0.4, -0.2) is 60.2 Å². The normalized spacial score (nSPS) is 16.1. The van der Waals surface area contributed by atoms with E-state index in [1.165, 1.54) is 0 Å². The summed E-state index contributed by atoms with van der Waals surface area (Å²) in [5, 5.41) is 10.7. The number of nitrogens with zero attached hydrogens (tertiary/aromatic N) is 3. The number of hydrogen-bond donors (Lipinski definition) is 2. The minimum absolute atomic E-state index is 0. The van der Waals surface area contributed by atoms with Crippen LogP contribution in [0.15, 0.2) is 36.5 Å². The number of piperidine rings is 1. The van der Waals surface area contributed by atoms with Gasteiger partial charge < -0.3 is 15.5 Å². The summed E-state index contributed by atoms with van der Waals surface area (Å²) in [6.07, 6.45) is 4.75. The molecule has 2 aromatic rings. The topological polar surface area (TPSA) is 79.3 Å². The fourth-order valence-electron chi connectivity index (χ4n) is 3.25. The average molecular weight is 406 g/mol. The van der Waals surface area contributed by atoms with Crippen molar-refractivity contribution in [2.45, 2.75) is 25.3 Å². The van der Waals surface area contributed by atoms with E-state index in [0.717, 1.165) is 31.5 Å². The van der Waals surface area contributed by atoms with Gasteiger partial charge in [-0.3, -0.25) is 14.3 Å². The van der Waals surface area contributed by atoms with Crippen molar-refractivity contribution in [3.8, 4) is 0 Å². The van der Waals surface area contributed by atoms with Crippen LogP contribution in [0.3, 0.4) is 0 Å². The number of hydrogen-bond acceptors (Lipinski definition) is 4. The largest absolute Gasteiger partial charge is 0.350 e. The molecule has 0 spiro atoms. The maximum atomic E-state index is 12.3. The van der Waals surface area contributed by atoms with Crippen molar-refractivity contribution in [2.24, 2.45) is 0 Å². The maximum Gasteiger partial charge on any atom is 0.271 e. The molecule has 0 bridgehead atoms. The molecule has 1 fully saturated rings. The molecule has 0 saturated carbocycles. The molecule has 1 atom stereocenters. The molecular weight excluding hydrogens is 378 g/mol. The molecule has 2 amide bonds. The Hall–Kier alpha value is -2.38. The third-order valence-electron chi connectivity index (χ3n) is 4.77. The standard InChI is InChI=1S/C20H27N5O2.ClH/c1-24(2)20(27)16-6-3-5-15(13-16)8-11-22-19(26)18-9-12-25(23-18)17-7-4-10-21-14-17;/h3,5-6,9,12-13,17,21H,4,7-8,10-11,14H2,1-2H3,(H,22,26);1H. The lowest BCUT2D eigenvalue weighted by molar-refractivity contribution is 0.0827. The first-order chi connectivity index (χ1) is 13.0. The highest BCUT2D eigenvalue weighted by atomic mass is 35.5. The number of halogens is 1. The molecular formula is C20H28ClN5O2. The minimum atomic E-state index is -0.168. The molecule has 28 heavy (non-hydrogen) atoms. The van der Waals surface area contributed by atoms with E-state index in [0.29, 0.717) is 30.3 Å². The van der Waals surface area contributed by atoms with Gasteiger partial charge in [-0.15, -0.1) is 12.4 Å². The van der Waals surface area contributed by atoms with Gasteiger partial charge in [0.2, 0.25) is 0 Å². The third kappa shape index (κ3) is 5.56. The van der Waals surface area contributed by atoms with Crippen LogP contribution in [0, 0.1) is 0 Å². The van der Waals surface area contributed by atoms with Crippen LogP contribution < -0.4 is 10.6 Å². The monoisotopic (exact) mass is 405 g/mol. The van der Waals surface area contributed by atoms with E-state index in [1.54, 1.807) is 31.1 Å². The molecule has 0 radical (unpaired) electrons. The van der Waals surface area contributed by atoms with Crippen LogP contribution >= 0.6 is 12.4 Å². The van der Waals surface area contributed by atoms with Gasteiger partial charge in [-0.1, -0.05) is 12.1 Å². The van der Waals surface area contributed by atoms with E-state index < -0.39 is 0 Å². The second-order valence-corrected chi connectivity index (χ2v) is 7.09. The highest BCUT2D eigenvalue weighted by molar-refractivity contribution is 5.94. The molecule has 7 nitrogen and oxygen atoms in total. The number of carbonyl (C=O) groups excluding carboxylic acids is 2. The molecule has 152 valence electrons. The minimum Gasteiger partial charge on any atom is -0.350 e. The van der Waals surface area contributed by atoms with Crippen molar-refractivity contribution >= 4 is 24.2 Å². The zero-order chi connectivity index (χ0) is 19.2. The van der Waals surface area contributed by atoms with Gasteiger partial charge in [0.1, 0.15) is 5.69 Å². The second kappa shape index (κ2) is 10.2. The van der Waals surface area contributed by atoms with Crippen molar-refractivity contribution in [3.63, 3.8) is 0 Å². The van der Waals surface area contributed by atoms with Crippen LogP contribution in [0.2, 0.25) is 0 Å². The van der Waals surface area contributed by atoms with Crippen molar-refractivity contribution < 1.29 is 9.59 Å². The van der Waals surface area contributed by atoms with Gasteiger partial charge in [0, 0.05) is 38.9 Å². The van der Waals surface area contributed by atoms with Crippen molar-refractivity contribution in [3.05, 3.63) is 53.3 Å². The predicted octanol–water partition coefficient (Wildman–Crippen LogP) is 1.90. The lowest BCUT2D eigenvalue weighted by Gasteiger charge is -2.22. The Kier molecular flexibility index (Phi) is 8.02. The summed E-state index contributed by atoms with van der Waals surface area (Å²) in [6, 6.07) is 9.59. The molecule has 2 N–H and O–H groups in total. The Balaban J connectivity index is 0.00000280. The molecule has 1 aliphatic rings. The van der Waals surface area contributed by atoms with Crippen LogP contribution in [0.5, 0.6) is 0 Å². The van der Waals surface area contributed by atoms with Gasteiger partial charge in [-0.2, -0.15) is 5.10 Å².